The summed E-state index contributed by atoms with van der Waals surface area (Å²) >= 11 is 1.03. The van der Waals surface area contributed by atoms with E-state index in [-0.39, 0.29) is 26.4 Å². The number of methoxy groups -OCH3 is 1. The molecule has 10 heteroatoms. The molecule has 2 heterocycles. The maximum Gasteiger partial charge on any atom is 0.339 e. The molecule has 1 atom stereocenters. The normalized spacial score (nSPS) is 12.6. The van der Waals surface area contributed by atoms with Crippen molar-refractivity contribution in [2.24, 2.45) is 0 Å². The fraction of sp³-hybridized carbons (Fsp3) is 0.136. The minimum Gasteiger partial charge on any atom is -0.465 e. The molecule has 0 aliphatic carbocycles. The summed E-state index contributed by atoms with van der Waals surface area (Å²) in [6, 6.07) is 14.4. The van der Waals surface area contributed by atoms with E-state index in [1.807, 2.05) is 0 Å². The molecule has 0 aliphatic heterocycles. The van der Waals surface area contributed by atoms with Gasteiger partial charge in [-0.05, 0) is 30.7 Å². The van der Waals surface area contributed by atoms with Crippen molar-refractivity contribution >= 4 is 37.4 Å². The number of sulfone groups is 1. The second kappa shape index (κ2) is 8.21. The van der Waals surface area contributed by atoms with Gasteiger partial charge in [-0.1, -0.05) is 36.4 Å². The van der Waals surface area contributed by atoms with Gasteiger partial charge in [0.05, 0.1) is 33.9 Å². The number of carbonyl (C=O) groups excluding carboxylic acids is 1. The lowest BCUT2D eigenvalue weighted by Gasteiger charge is -2.14. The van der Waals surface area contributed by atoms with Crippen molar-refractivity contribution in [3.63, 3.8) is 0 Å². The number of hydrogen-bond acceptors (Lipinski definition) is 7. The van der Waals surface area contributed by atoms with Gasteiger partial charge in [-0.15, -0.1) is 11.3 Å². The summed E-state index contributed by atoms with van der Waals surface area (Å²) in [6.07, 6.45) is 0. The molecular weight excluding hydrogens is 452 g/mol. The second-order valence-corrected chi connectivity index (χ2v) is 10.2. The van der Waals surface area contributed by atoms with Crippen molar-refractivity contribution in [2.75, 3.05) is 7.11 Å². The zero-order chi connectivity index (χ0) is 23.0. The van der Waals surface area contributed by atoms with E-state index in [1.54, 1.807) is 37.3 Å². The third kappa shape index (κ3) is 3.57. The Hall–Kier alpha value is -3.50. The first-order valence-electron chi connectivity index (χ1n) is 9.50. The zero-order valence-electron chi connectivity index (χ0n) is 17.1. The second-order valence-electron chi connectivity index (χ2n) is 7.01. The zero-order valence-corrected chi connectivity index (χ0v) is 18.7. The molecule has 4 aromatic rings. The summed E-state index contributed by atoms with van der Waals surface area (Å²) in [7, 11) is -2.61. The van der Waals surface area contributed by atoms with Gasteiger partial charge in [-0.25, -0.2) is 22.6 Å². The number of hydrogen-bond donors (Lipinski definition) is 1. The number of H-pyrrole nitrogens is 1. The maximum atomic E-state index is 13.2. The number of aromatic nitrogens is 2. The lowest BCUT2D eigenvalue weighted by atomic mass is 10.2. The fourth-order valence-corrected chi connectivity index (χ4v) is 5.81. The first kappa shape index (κ1) is 21.7. The Morgan fingerprint density at radius 2 is 1.81 bits per heavy atom. The van der Waals surface area contributed by atoms with Gasteiger partial charge in [-0.2, -0.15) is 0 Å². The van der Waals surface area contributed by atoms with Crippen molar-refractivity contribution in [3.8, 4) is 5.69 Å². The summed E-state index contributed by atoms with van der Waals surface area (Å²) in [5.41, 5.74) is -0.761. The highest BCUT2D eigenvalue weighted by Crippen LogP contribution is 2.29. The van der Waals surface area contributed by atoms with E-state index in [4.69, 9.17) is 4.74 Å². The van der Waals surface area contributed by atoms with Crippen molar-refractivity contribution in [3.05, 3.63) is 91.9 Å². The van der Waals surface area contributed by atoms with E-state index in [0.29, 0.717) is 5.56 Å². The van der Waals surface area contributed by atoms with E-state index >= 15 is 0 Å². The highest BCUT2D eigenvalue weighted by Gasteiger charge is 2.26. The molecule has 0 fully saturated rings. The van der Waals surface area contributed by atoms with Crippen molar-refractivity contribution in [1.29, 1.82) is 0 Å². The first-order chi connectivity index (χ1) is 15.3. The van der Waals surface area contributed by atoms with Crippen molar-refractivity contribution in [1.82, 2.24) is 9.55 Å². The van der Waals surface area contributed by atoms with E-state index in [0.717, 1.165) is 15.9 Å². The molecule has 164 valence electrons. The van der Waals surface area contributed by atoms with Crippen LogP contribution in [0.5, 0.6) is 0 Å². The largest absolute Gasteiger partial charge is 0.465 e. The average molecular weight is 471 g/mol. The van der Waals surface area contributed by atoms with Gasteiger partial charge in [0.15, 0.2) is 9.84 Å². The van der Waals surface area contributed by atoms with Crippen LogP contribution in [0.2, 0.25) is 0 Å². The van der Waals surface area contributed by atoms with Crippen LogP contribution in [0.1, 0.15) is 28.1 Å². The molecule has 1 N–H and O–H groups in total. The first-order valence-corrected chi connectivity index (χ1v) is 11.9. The Labute approximate surface area is 186 Å². The Balaban J connectivity index is 1.88. The van der Waals surface area contributed by atoms with Crippen LogP contribution in [-0.4, -0.2) is 31.0 Å². The number of esters is 1. The summed E-state index contributed by atoms with van der Waals surface area (Å²) in [5, 5.41) is 0.604. The molecule has 32 heavy (non-hydrogen) atoms. The van der Waals surface area contributed by atoms with Gasteiger partial charge in [0.2, 0.25) is 0 Å². The molecule has 2 aromatic carbocycles. The van der Waals surface area contributed by atoms with Gasteiger partial charge >= 0.3 is 11.7 Å². The molecule has 0 saturated heterocycles. The number of thiophene rings is 1. The highest BCUT2D eigenvalue weighted by atomic mass is 32.2. The third-order valence-electron chi connectivity index (χ3n) is 5.18. The number of carbonyl (C=O) groups is 1. The molecule has 0 radical (unpaired) electrons. The molecular formula is C22H18N2O6S2. The third-order valence-corrected chi connectivity index (χ3v) is 8.19. The molecule has 8 nitrogen and oxygen atoms in total. The number of nitrogens with zero attached hydrogens (tertiary/aromatic N) is 1. The lowest BCUT2D eigenvalue weighted by Crippen LogP contribution is -2.33. The van der Waals surface area contributed by atoms with Crippen LogP contribution in [0.3, 0.4) is 0 Å². The molecule has 0 saturated carbocycles. The smallest absolute Gasteiger partial charge is 0.339 e. The number of fused-ring (bicyclic) bond motifs is 1. The van der Waals surface area contributed by atoms with Gasteiger partial charge in [0.25, 0.3) is 5.56 Å². The molecule has 0 aliphatic rings. The number of aromatic amines is 1. The SMILES string of the molecule is COC(=O)c1csc2[nH]c(=O)n(-c3cccc(S(=O)(=O)C(C)c4ccccc4)c3)c(=O)c12. The van der Waals surface area contributed by atoms with Crippen LogP contribution in [-0.2, 0) is 14.6 Å². The molecule has 0 amide bonds. The summed E-state index contributed by atoms with van der Waals surface area (Å²) < 4.78 is 31.9. The molecule has 2 aromatic heterocycles. The van der Waals surface area contributed by atoms with E-state index in [1.165, 1.54) is 36.8 Å². The minimum absolute atomic E-state index is 0.00682. The van der Waals surface area contributed by atoms with E-state index < -0.39 is 32.3 Å². The van der Waals surface area contributed by atoms with Crippen LogP contribution in [0.25, 0.3) is 15.9 Å². The Kier molecular flexibility index (Phi) is 5.57. The molecule has 0 bridgehead atoms. The molecule has 0 spiro atoms. The summed E-state index contributed by atoms with van der Waals surface area (Å²) in [6.45, 7) is 1.58. The summed E-state index contributed by atoms with van der Waals surface area (Å²) in [4.78, 5) is 40.6. The van der Waals surface area contributed by atoms with Crippen LogP contribution in [0.4, 0.5) is 0 Å². The minimum atomic E-state index is -3.81. The summed E-state index contributed by atoms with van der Waals surface area (Å²) in [5.74, 6) is -0.708. The monoisotopic (exact) mass is 470 g/mol. The van der Waals surface area contributed by atoms with Crippen molar-refractivity contribution < 1.29 is 17.9 Å². The van der Waals surface area contributed by atoms with E-state index in [2.05, 4.69) is 4.98 Å². The average Bonchev–Trinajstić information content (AvgIpc) is 3.23. The van der Waals surface area contributed by atoms with Gasteiger partial charge in [0, 0.05) is 5.38 Å². The number of rotatable bonds is 5. The van der Waals surface area contributed by atoms with Gasteiger partial charge in [0.1, 0.15) is 4.83 Å². The number of ether oxygens (including phenoxy) is 1. The van der Waals surface area contributed by atoms with Crippen LogP contribution >= 0.6 is 11.3 Å². The van der Waals surface area contributed by atoms with Crippen molar-refractivity contribution in [2.45, 2.75) is 17.1 Å². The Morgan fingerprint density at radius 3 is 2.50 bits per heavy atom. The van der Waals surface area contributed by atoms with Gasteiger partial charge < -0.3 is 4.74 Å². The molecule has 1 unspecified atom stereocenters. The van der Waals surface area contributed by atoms with Crippen LogP contribution in [0.15, 0.2) is 74.5 Å². The Morgan fingerprint density at radius 1 is 1.09 bits per heavy atom. The standard InChI is InChI=1S/C22H18N2O6S2/c1-13(14-7-4-3-5-8-14)32(28,29)16-10-6-9-15(11-16)24-20(25)18-17(21(26)30-2)12-31-19(18)23-22(24)27/h3-13H,1-2H3,(H,23,27). The predicted octanol–water partition coefficient (Wildman–Crippen LogP) is 3.06. The maximum absolute atomic E-state index is 13.2. The molecule has 4 rings (SSSR count). The van der Waals surface area contributed by atoms with Crippen LogP contribution < -0.4 is 11.2 Å². The number of nitrogens with one attached hydrogen (secondary N) is 1. The fourth-order valence-electron chi connectivity index (χ4n) is 3.42. The Bertz CT molecular complexity index is 1550. The highest BCUT2D eigenvalue weighted by molar-refractivity contribution is 7.91. The quantitative estimate of drug-likeness (QED) is 0.448. The lowest BCUT2D eigenvalue weighted by molar-refractivity contribution is 0.0603. The van der Waals surface area contributed by atoms with Gasteiger partial charge in [-0.3, -0.25) is 9.78 Å². The number of benzene rings is 2. The predicted molar refractivity (Wildman–Crippen MR) is 121 cm³/mol. The topological polar surface area (TPSA) is 115 Å². The van der Waals surface area contributed by atoms with E-state index in [9.17, 15) is 22.8 Å². The van der Waals surface area contributed by atoms with Crippen LogP contribution in [0, 0.1) is 0 Å².